The number of carbonyl (C=O) groups is 5. The summed E-state index contributed by atoms with van der Waals surface area (Å²) in [6, 6.07) is 15.1. The zero-order valence-corrected chi connectivity index (χ0v) is 39.0. The van der Waals surface area contributed by atoms with Gasteiger partial charge >= 0.3 is 24.0 Å². The maximum atomic E-state index is 16.0. The normalized spacial score (nSPS) is 31.4. The summed E-state index contributed by atoms with van der Waals surface area (Å²) in [6.07, 6.45) is -8.35. The number of rotatable bonds is 15. The van der Waals surface area contributed by atoms with E-state index in [1.807, 2.05) is 0 Å². The van der Waals surface area contributed by atoms with Crippen molar-refractivity contribution in [3.63, 3.8) is 0 Å². The van der Waals surface area contributed by atoms with Gasteiger partial charge in [-0.3, -0.25) is 9.59 Å². The Kier molecular flexibility index (Phi) is 14.7. The van der Waals surface area contributed by atoms with Crippen molar-refractivity contribution in [1.29, 1.82) is 0 Å². The maximum absolute atomic E-state index is 16.0. The van der Waals surface area contributed by atoms with Crippen LogP contribution in [0.25, 0.3) is 0 Å². The number of unbranched alkanes of at least 4 members (excludes halogenated alkanes) is 1. The van der Waals surface area contributed by atoms with E-state index < -0.39 is 112 Å². The van der Waals surface area contributed by atoms with Crippen molar-refractivity contribution in [3.8, 4) is 0 Å². The number of aliphatic hydroxyl groups is 2. The molecule has 1 heterocycles. The van der Waals surface area contributed by atoms with E-state index in [4.69, 9.17) is 37.9 Å². The molecule has 0 spiro atoms. The van der Waals surface area contributed by atoms with E-state index >= 15 is 4.79 Å². The van der Waals surface area contributed by atoms with Gasteiger partial charge in [-0.15, -0.1) is 0 Å². The number of amides is 1. The fourth-order valence-electron chi connectivity index (χ4n) is 10.6. The molecule has 2 bridgehead atoms. The van der Waals surface area contributed by atoms with Crippen molar-refractivity contribution in [2.24, 2.45) is 16.7 Å². The van der Waals surface area contributed by atoms with Gasteiger partial charge in [0, 0.05) is 52.6 Å². The molecule has 2 aromatic rings. The van der Waals surface area contributed by atoms with Crippen molar-refractivity contribution < 1.29 is 72.1 Å². The molecule has 3 aliphatic carbocycles. The quantitative estimate of drug-likeness (QED) is 0.0889. The van der Waals surface area contributed by atoms with Gasteiger partial charge < -0.3 is 53.4 Å². The van der Waals surface area contributed by atoms with Crippen LogP contribution in [-0.4, -0.2) is 127 Å². The van der Waals surface area contributed by atoms with Crippen LogP contribution in [0.15, 0.2) is 71.8 Å². The Bertz CT molecular complexity index is 2100. The molecule has 16 heteroatoms. The Morgan fingerprint density at radius 1 is 0.938 bits per heavy atom. The largest absolute Gasteiger partial charge is 0.456 e. The number of alkyl carbamates (subject to hydrolysis) is 1. The van der Waals surface area contributed by atoms with Gasteiger partial charge in [-0.1, -0.05) is 62.4 Å². The summed E-state index contributed by atoms with van der Waals surface area (Å²) < 4.78 is 48.7. The van der Waals surface area contributed by atoms with E-state index in [2.05, 4.69) is 5.32 Å². The molecule has 6 rings (SSSR count). The summed E-state index contributed by atoms with van der Waals surface area (Å²) in [5.74, 6) is -4.54. The first-order valence-electron chi connectivity index (χ1n) is 22.2. The molecule has 3 N–H and O–H groups in total. The van der Waals surface area contributed by atoms with Crippen LogP contribution in [0.5, 0.6) is 0 Å². The number of Topliss-reactive ketones (excluding diaryl/α,β-unsaturated/α-hetero) is 1. The van der Waals surface area contributed by atoms with Gasteiger partial charge in [0.15, 0.2) is 17.5 Å². The van der Waals surface area contributed by atoms with Crippen LogP contribution in [0.4, 0.5) is 4.79 Å². The van der Waals surface area contributed by atoms with E-state index in [9.17, 15) is 29.4 Å². The number of hydrogen-bond donors (Lipinski definition) is 3. The Hall–Kier alpha value is -4.71. The van der Waals surface area contributed by atoms with E-state index in [0.717, 1.165) is 0 Å². The van der Waals surface area contributed by atoms with Crippen LogP contribution < -0.4 is 5.32 Å². The highest BCUT2D eigenvalue weighted by Crippen LogP contribution is 2.65. The second-order valence-electron chi connectivity index (χ2n) is 19.3. The fraction of sp³-hybridized carbons (Fsp3) is 0.612. The number of esters is 3. The highest BCUT2D eigenvalue weighted by Gasteiger charge is 2.78. The van der Waals surface area contributed by atoms with Crippen LogP contribution >= 0.6 is 0 Å². The van der Waals surface area contributed by atoms with E-state index in [1.165, 1.54) is 14.0 Å². The van der Waals surface area contributed by atoms with Crippen molar-refractivity contribution in [2.45, 2.75) is 141 Å². The Morgan fingerprint density at radius 2 is 1.57 bits per heavy atom. The summed E-state index contributed by atoms with van der Waals surface area (Å²) in [7, 11) is 3.03. The number of fused-ring (bicyclic) bond motifs is 5. The van der Waals surface area contributed by atoms with E-state index in [0.29, 0.717) is 30.6 Å². The molecule has 4 aliphatic rings. The third kappa shape index (κ3) is 9.35. The summed E-state index contributed by atoms with van der Waals surface area (Å²) >= 11 is 0. The molecular weight excluding hydrogens is 843 g/mol. The molecule has 356 valence electrons. The van der Waals surface area contributed by atoms with Crippen LogP contribution in [0.3, 0.4) is 0 Å². The number of methoxy groups -OCH3 is 2. The van der Waals surface area contributed by atoms with Crippen LogP contribution in [0, 0.1) is 16.7 Å². The molecule has 1 amide bonds. The topological polar surface area (TPSA) is 212 Å². The monoisotopic (exact) mass is 907 g/mol. The Labute approximate surface area is 380 Å². The third-order valence-corrected chi connectivity index (χ3v) is 13.8. The van der Waals surface area contributed by atoms with Crippen molar-refractivity contribution in [1.82, 2.24) is 5.32 Å². The predicted octanol–water partition coefficient (Wildman–Crippen LogP) is 5.36. The molecular formula is C49H65NO15. The summed E-state index contributed by atoms with van der Waals surface area (Å²) in [5.41, 5.74) is -6.83. The molecule has 0 unspecified atom stereocenters. The molecule has 3 fully saturated rings. The van der Waals surface area contributed by atoms with Crippen LogP contribution in [0.1, 0.15) is 103 Å². The Balaban J connectivity index is 1.54. The van der Waals surface area contributed by atoms with Gasteiger partial charge in [-0.05, 0) is 76.3 Å². The predicted molar refractivity (Wildman–Crippen MR) is 233 cm³/mol. The van der Waals surface area contributed by atoms with Crippen molar-refractivity contribution in [3.05, 3.63) is 82.9 Å². The molecule has 65 heavy (non-hydrogen) atoms. The van der Waals surface area contributed by atoms with Crippen molar-refractivity contribution in [2.75, 3.05) is 34.0 Å². The summed E-state index contributed by atoms with van der Waals surface area (Å²) in [6.45, 7) is 13.3. The van der Waals surface area contributed by atoms with Crippen LogP contribution in [-0.2, 0) is 52.3 Å². The molecule has 0 radical (unpaired) electrons. The number of benzene rings is 2. The maximum Gasteiger partial charge on any atom is 0.408 e. The number of aliphatic hydroxyl groups excluding tert-OH is 1. The fourth-order valence-corrected chi connectivity index (χ4v) is 10.6. The highest BCUT2D eigenvalue weighted by molar-refractivity contribution is 5.94. The minimum atomic E-state index is -2.25. The molecule has 2 saturated carbocycles. The lowest BCUT2D eigenvalue weighted by atomic mass is 9.44. The van der Waals surface area contributed by atoms with E-state index in [1.54, 1.807) is 116 Å². The van der Waals surface area contributed by atoms with Crippen LogP contribution in [0.2, 0.25) is 0 Å². The van der Waals surface area contributed by atoms with Gasteiger partial charge in [0.25, 0.3) is 0 Å². The average Bonchev–Trinajstić information content (AvgIpc) is 3.24. The Morgan fingerprint density at radius 3 is 2.14 bits per heavy atom. The van der Waals surface area contributed by atoms with Gasteiger partial charge in [0.1, 0.15) is 35.6 Å². The van der Waals surface area contributed by atoms with Gasteiger partial charge in [-0.2, -0.15) is 0 Å². The SMILES string of the molecule is COCCCCO[C@H]1C(=O)[C@]2(C)[C@@H](OC)C[C@H]3OC[C@@]3(OC(C)=O)[C@H]2[C@H](OC(=O)c2ccccc2)[C@@]2(O)C[C@H](OC(=O)[C@H](O)[C@@H](NC(=O)OC(C)(C)C)c3ccccc3)C(C)=C1C2(C)C. The number of carbonyl (C=O) groups excluding carboxylic acids is 5. The smallest absolute Gasteiger partial charge is 0.408 e. The third-order valence-electron chi connectivity index (χ3n) is 13.8. The first-order chi connectivity index (χ1) is 30.6. The summed E-state index contributed by atoms with van der Waals surface area (Å²) in [5, 5.41) is 28.4. The van der Waals surface area contributed by atoms with Gasteiger partial charge in [-0.25, -0.2) is 14.4 Å². The molecule has 16 nitrogen and oxygen atoms in total. The molecule has 1 saturated heterocycles. The molecule has 11 atom stereocenters. The number of ether oxygens (including phenoxy) is 8. The lowest BCUT2D eigenvalue weighted by Gasteiger charge is -2.68. The average molecular weight is 908 g/mol. The second kappa shape index (κ2) is 19.3. The number of nitrogens with one attached hydrogen (secondary N) is 1. The standard InChI is InChI=1S/C49H65NO15/c1-28-32(62-43(55)37(52)36(30-19-13-11-14-20-30)50-44(56)65-45(3,4)5)26-49(57)41(63-42(54)31-21-15-12-16-22-31)39-47(8,33(59-10)25-34-48(39,27-61-34)64-29(2)51)40(53)38(35(28)46(49,6)7)60-24-18-17-23-58-9/h11-16,19-22,32-34,36-39,41,52,57H,17-18,23-27H2,1-10H3,(H,50,56)/t32-,33-,34+,36-,37+,38+,39-,41-,47+,48-,49-/m0/s1. The molecule has 1 aliphatic heterocycles. The zero-order chi connectivity index (χ0) is 47.7. The van der Waals surface area contributed by atoms with Gasteiger partial charge in [0.2, 0.25) is 0 Å². The highest BCUT2D eigenvalue weighted by atomic mass is 16.6. The van der Waals surface area contributed by atoms with Gasteiger partial charge in [0.05, 0.1) is 35.6 Å². The number of ketones is 1. The zero-order valence-electron chi connectivity index (χ0n) is 39.0. The lowest BCUT2D eigenvalue weighted by Crippen LogP contribution is -2.82. The minimum Gasteiger partial charge on any atom is -0.456 e. The second-order valence-corrected chi connectivity index (χ2v) is 19.3. The molecule has 0 aromatic heterocycles. The minimum absolute atomic E-state index is 0.0783. The lowest BCUT2D eigenvalue weighted by molar-refractivity contribution is -0.347. The summed E-state index contributed by atoms with van der Waals surface area (Å²) in [4.78, 5) is 71.2. The van der Waals surface area contributed by atoms with E-state index in [-0.39, 0.29) is 30.8 Å². The first kappa shape index (κ1) is 49.7. The van der Waals surface area contributed by atoms with Crippen molar-refractivity contribution >= 4 is 29.8 Å². The first-order valence-corrected chi connectivity index (χ1v) is 22.2. The number of hydrogen-bond acceptors (Lipinski definition) is 15. The molecule has 2 aromatic carbocycles.